The van der Waals surface area contributed by atoms with Crippen LogP contribution in [0.15, 0.2) is 233 Å². The quantitative estimate of drug-likeness (QED) is 0.144. The first-order valence-electron chi connectivity index (χ1n) is 27.8. The summed E-state index contributed by atoms with van der Waals surface area (Å²) in [6, 6.07) is 82.6. The lowest BCUT2D eigenvalue weighted by Crippen LogP contribution is -2.38. The maximum Gasteiger partial charge on any atom is 0.159 e. The van der Waals surface area contributed by atoms with Gasteiger partial charge in [-0.15, -0.1) is 0 Å². The number of hydrogen-bond donors (Lipinski definition) is 0. The Kier molecular flexibility index (Phi) is 11.5. The highest BCUT2D eigenvalue weighted by atomic mass is 16.3. The van der Waals surface area contributed by atoms with Crippen molar-refractivity contribution in [3.05, 3.63) is 291 Å². The molecule has 3 heterocycles. The zero-order valence-electron chi connectivity index (χ0n) is 46.5. The molecule has 0 fully saturated rings. The van der Waals surface area contributed by atoms with E-state index in [1.165, 1.54) is 55.6 Å². The standard InChI is InChI=1S/C75H61N3O2/c1-46-27-36-56(37-28-46)78-67-22-12-11-21-63(67)75(64-45-47(2)29-42-68(64)78,54-32-38-57(39-33-54)76(65-43-30-48(3)50(5)52(65)7)69-23-15-19-61-59-17-9-13-25-71(59)79-73(61)69)55-34-40-58(41-35-55)77(66-44-31-49(4)51(6)53(66)8)70-24-16-20-62-60-18-10-14-26-72(60)80-74(62)70/h9-45H,1-8H3. The molecule has 1 aliphatic heterocycles. The Morgan fingerprint density at radius 3 is 1.31 bits per heavy atom. The molecule has 2 aromatic heterocycles. The Balaban J connectivity index is 1.01. The van der Waals surface area contributed by atoms with Gasteiger partial charge in [-0.25, -0.2) is 0 Å². The highest BCUT2D eigenvalue weighted by molar-refractivity contribution is 6.11. The number of benzene rings is 11. The van der Waals surface area contributed by atoms with E-state index in [0.717, 1.165) is 106 Å². The van der Waals surface area contributed by atoms with Crippen LogP contribution in [0.4, 0.5) is 51.2 Å². The molecule has 0 saturated carbocycles. The predicted octanol–water partition coefficient (Wildman–Crippen LogP) is 21.1. The highest BCUT2D eigenvalue weighted by Crippen LogP contribution is 2.59. The van der Waals surface area contributed by atoms with Gasteiger partial charge in [-0.1, -0.05) is 151 Å². The molecule has 5 nitrogen and oxygen atoms in total. The fourth-order valence-corrected chi connectivity index (χ4v) is 12.9. The summed E-state index contributed by atoms with van der Waals surface area (Å²) in [5.74, 6) is 0. The Bertz CT molecular complexity index is 4360. The van der Waals surface area contributed by atoms with Crippen LogP contribution in [-0.2, 0) is 5.41 Å². The average molecular weight is 1040 g/mol. The van der Waals surface area contributed by atoms with Gasteiger partial charge in [-0.3, -0.25) is 0 Å². The van der Waals surface area contributed by atoms with Crippen LogP contribution >= 0.6 is 0 Å². The van der Waals surface area contributed by atoms with Gasteiger partial charge in [0, 0.05) is 50.0 Å². The van der Waals surface area contributed by atoms with Gasteiger partial charge >= 0.3 is 0 Å². The molecule has 13 aromatic rings. The van der Waals surface area contributed by atoms with E-state index in [9.17, 15) is 0 Å². The Morgan fingerprint density at radius 1 is 0.338 bits per heavy atom. The van der Waals surface area contributed by atoms with E-state index in [0.29, 0.717) is 0 Å². The topological polar surface area (TPSA) is 36.0 Å². The number of anilines is 9. The molecule has 0 spiro atoms. The second kappa shape index (κ2) is 18.8. The number of rotatable bonds is 9. The van der Waals surface area contributed by atoms with Gasteiger partial charge in [0.1, 0.15) is 11.2 Å². The summed E-state index contributed by atoms with van der Waals surface area (Å²) in [4.78, 5) is 7.26. The van der Waals surface area contributed by atoms with Crippen LogP contribution < -0.4 is 14.7 Å². The van der Waals surface area contributed by atoms with E-state index in [4.69, 9.17) is 8.83 Å². The third-order valence-corrected chi connectivity index (χ3v) is 17.5. The smallest absolute Gasteiger partial charge is 0.159 e. The first-order valence-corrected chi connectivity index (χ1v) is 27.8. The molecule has 14 rings (SSSR count). The minimum absolute atomic E-state index is 0.782. The van der Waals surface area contributed by atoms with E-state index < -0.39 is 5.41 Å². The van der Waals surface area contributed by atoms with E-state index in [1.807, 2.05) is 12.1 Å². The van der Waals surface area contributed by atoms with Crippen LogP contribution in [0.3, 0.4) is 0 Å². The van der Waals surface area contributed by atoms with Crippen molar-refractivity contribution in [3.8, 4) is 0 Å². The molecule has 0 atom stereocenters. The Hall–Kier alpha value is -9.58. The normalized spacial score (nSPS) is 12.8. The SMILES string of the molecule is Cc1ccc(N2c3ccccc3C(c3ccc(N(c4ccc(C)c(C)c4C)c4cccc5c4oc4ccccc45)cc3)(c3ccc(N(c4ccc(C)c(C)c4C)c4cccc5c4oc4ccccc45)cc3)c3cc(C)ccc32)cc1. The number of hydrogen-bond acceptors (Lipinski definition) is 5. The van der Waals surface area contributed by atoms with Gasteiger partial charge in [0.15, 0.2) is 11.2 Å². The maximum absolute atomic E-state index is 6.82. The predicted molar refractivity (Wildman–Crippen MR) is 335 cm³/mol. The van der Waals surface area contributed by atoms with Crippen LogP contribution in [0.2, 0.25) is 0 Å². The van der Waals surface area contributed by atoms with E-state index in [1.54, 1.807) is 0 Å². The molecule has 0 saturated heterocycles. The molecular weight excluding hydrogens is 975 g/mol. The maximum atomic E-state index is 6.82. The number of nitrogens with zero attached hydrogens (tertiary/aromatic N) is 3. The van der Waals surface area contributed by atoms with Crippen LogP contribution in [0.1, 0.15) is 66.8 Å². The van der Waals surface area contributed by atoms with Crippen molar-refractivity contribution in [1.29, 1.82) is 0 Å². The molecule has 80 heavy (non-hydrogen) atoms. The zero-order chi connectivity index (χ0) is 54.6. The molecule has 0 bridgehead atoms. The van der Waals surface area contributed by atoms with Crippen LogP contribution in [0.25, 0.3) is 43.9 Å². The Morgan fingerprint density at radius 2 is 0.787 bits per heavy atom. The zero-order valence-corrected chi connectivity index (χ0v) is 46.5. The number of aryl methyl sites for hydroxylation is 4. The van der Waals surface area contributed by atoms with Crippen molar-refractivity contribution in [2.75, 3.05) is 14.7 Å². The summed E-state index contributed by atoms with van der Waals surface area (Å²) in [5, 5.41) is 4.39. The van der Waals surface area contributed by atoms with Crippen LogP contribution in [0, 0.1) is 55.4 Å². The van der Waals surface area contributed by atoms with Gasteiger partial charge < -0.3 is 23.5 Å². The summed E-state index contributed by atoms with van der Waals surface area (Å²) in [5.41, 5.74) is 27.0. The molecular formula is C75H61N3O2. The minimum Gasteiger partial charge on any atom is -0.454 e. The second-order valence-electron chi connectivity index (χ2n) is 22.0. The van der Waals surface area contributed by atoms with Crippen LogP contribution in [-0.4, -0.2) is 0 Å². The van der Waals surface area contributed by atoms with E-state index >= 15 is 0 Å². The molecule has 11 aromatic carbocycles. The summed E-state index contributed by atoms with van der Waals surface area (Å²) in [7, 11) is 0. The van der Waals surface area contributed by atoms with Gasteiger partial charge in [-0.05, 0) is 196 Å². The molecule has 0 N–H and O–H groups in total. The van der Waals surface area contributed by atoms with Crippen molar-refractivity contribution in [2.45, 2.75) is 60.8 Å². The minimum atomic E-state index is -0.782. The summed E-state index contributed by atoms with van der Waals surface area (Å²) in [6.07, 6.45) is 0. The lowest BCUT2D eigenvalue weighted by molar-refractivity contribution is 0.668. The lowest BCUT2D eigenvalue weighted by atomic mass is 9.62. The van der Waals surface area contributed by atoms with Gasteiger partial charge in [0.25, 0.3) is 0 Å². The van der Waals surface area contributed by atoms with Crippen LogP contribution in [0.5, 0.6) is 0 Å². The van der Waals surface area contributed by atoms with Gasteiger partial charge in [0.05, 0.1) is 28.2 Å². The second-order valence-corrected chi connectivity index (χ2v) is 22.0. The highest BCUT2D eigenvalue weighted by Gasteiger charge is 2.47. The van der Waals surface area contributed by atoms with E-state index in [-0.39, 0.29) is 0 Å². The number of fused-ring (bicyclic) bond motifs is 8. The third-order valence-electron chi connectivity index (χ3n) is 17.5. The molecule has 0 unspecified atom stereocenters. The van der Waals surface area contributed by atoms with Crippen molar-refractivity contribution < 1.29 is 8.83 Å². The summed E-state index contributed by atoms with van der Waals surface area (Å²) >= 11 is 0. The summed E-state index contributed by atoms with van der Waals surface area (Å²) < 4.78 is 13.6. The molecule has 5 heteroatoms. The first kappa shape index (κ1) is 48.8. The fourth-order valence-electron chi connectivity index (χ4n) is 12.9. The van der Waals surface area contributed by atoms with Gasteiger partial charge in [0.2, 0.25) is 0 Å². The number of furan rings is 2. The average Bonchev–Trinajstić information content (AvgIpc) is 2.86. The molecule has 0 aliphatic carbocycles. The molecule has 388 valence electrons. The third kappa shape index (κ3) is 7.44. The molecule has 1 aliphatic rings. The Labute approximate surface area is 468 Å². The largest absolute Gasteiger partial charge is 0.454 e. The van der Waals surface area contributed by atoms with Crippen molar-refractivity contribution in [1.82, 2.24) is 0 Å². The van der Waals surface area contributed by atoms with Crippen molar-refractivity contribution >= 4 is 95.1 Å². The summed E-state index contributed by atoms with van der Waals surface area (Å²) in [6.45, 7) is 17.7. The molecule has 0 radical (unpaired) electrons. The van der Waals surface area contributed by atoms with Gasteiger partial charge in [-0.2, -0.15) is 0 Å². The van der Waals surface area contributed by atoms with Crippen molar-refractivity contribution in [2.24, 2.45) is 0 Å². The number of para-hydroxylation sites is 5. The first-order chi connectivity index (χ1) is 39.0. The lowest BCUT2D eigenvalue weighted by Gasteiger charge is -2.47. The van der Waals surface area contributed by atoms with Crippen molar-refractivity contribution in [3.63, 3.8) is 0 Å². The van der Waals surface area contributed by atoms with E-state index in [2.05, 4.69) is 282 Å². The molecule has 0 amide bonds. The monoisotopic (exact) mass is 1040 g/mol. The fraction of sp³-hybridized carbons (Fsp3) is 0.120.